The second kappa shape index (κ2) is 8.19. The largest absolute Gasteiger partial charge is 0.464 e. The number of piperidine rings is 1. The van der Waals surface area contributed by atoms with Crippen molar-refractivity contribution < 1.29 is 19.1 Å². The van der Waals surface area contributed by atoms with Gasteiger partial charge in [0.2, 0.25) is 0 Å². The van der Waals surface area contributed by atoms with Crippen LogP contribution in [0.25, 0.3) is 0 Å². The third kappa shape index (κ3) is 4.24. The van der Waals surface area contributed by atoms with Crippen molar-refractivity contribution in [1.29, 1.82) is 0 Å². The second-order valence-electron chi connectivity index (χ2n) is 5.75. The summed E-state index contributed by atoms with van der Waals surface area (Å²) in [6.07, 6.45) is 2.71. The molecule has 22 heavy (non-hydrogen) atoms. The number of likely N-dealkylation sites (tertiary alicyclic amines) is 1. The number of amides is 2. The SMILES string of the molecule is CCc1ccc([C@@H](COC)NC(=O)N2CCC[C@H](CO)C2)o1. The number of methoxy groups -OCH3 is 1. The summed E-state index contributed by atoms with van der Waals surface area (Å²) in [5.41, 5.74) is 0. The molecule has 2 heterocycles. The molecule has 1 saturated heterocycles. The molecular formula is C16H26N2O4. The normalized spacial score (nSPS) is 20.0. The van der Waals surface area contributed by atoms with Crippen LogP contribution in [0.15, 0.2) is 16.5 Å². The molecule has 0 aromatic carbocycles. The predicted octanol–water partition coefficient (Wildman–Crippen LogP) is 1.94. The lowest BCUT2D eigenvalue weighted by molar-refractivity contribution is 0.118. The molecule has 0 spiro atoms. The quantitative estimate of drug-likeness (QED) is 0.842. The van der Waals surface area contributed by atoms with Crippen LogP contribution < -0.4 is 5.32 Å². The van der Waals surface area contributed by atoms with Crippen LogP contribution in [-0.2, 0) is 11.2 Å². The summed E-state index contributed by atoms with van der Waals surface area (Å²) in [4.78, 5) is 14.2. The van der Waals surface area contributed by atoms with E-state index >= 15 is 0 Å². The molecule has 124 valence electrons. The average Bonchev–Trinajstić information content (AvgIpc) is 3.03. The van der Waals surface area contributed by atoms with Gasteiger partial charge in [0.1, 0.15) is 17.6 Å². The van der Waals surface area contributed by atoms with Gasteiger partial charge in [-0.2, -0.15) is 0 Å². The highest BCUT2D eigenvalue weighted by atomic mass is 16.5. The fourth-order valence-corrected chi connectivity index (χ4v) is 2.77. The van der Waals surface area contributed by atoms with E-state index in [1.165, 1.54) is 0 Å². The van der Waals surface area contributed by atoms with E-state index in [9.17, 15) is 9.90 Å². The first-order chi connectivity index (χ1) is 10.7. The minimum absolute atomic E-state index is 0.128. The molecule has 1 fully saturated rings. The molecule has 2 atom stereocenters. The number of hydrogen-bond donors (Lipinski definition) is 2. The van der Waals surface area contributed by atoms with Gasteiger partial charge in [-0.15, -0.1) is 0 Å². The Kier molecular flexibility index (Phi) is 6.27. The highest BCUT2D eigenvalue weighted by molar-refractivity contribution is 5.74. The van der Waals surface area contributed by atoms with Crippen molar-refractivity contribution >= 4 is 6.03 Å². The third-order valence-corrected chi connectivity index (χ3v) is 4.07. The lowest BCUT2D eigenvalue weighted by Crippen LogP contribution is -2.47. The Morgan fingerprint density at radius 1 is 1.59 bits per heavy atom. The number of carbonyl (C=O) groups is 1. The van der Waals surface area contributed by atoms with E-state index in [-0.39, 0.29) is 24.6 Å². The average molecular weight is 310 g/mol. The number of hydrogen-bond acceptors (Lipinski definition) is 4. The number of urea groups is 1. The van der Waals surface area contributed by atoms with Crippen molar-refractivity contribution in [1.82, 2.24) is 10.2 Å². The third-order valence-electron chi connectivity index (χ3n) is 4.07. The zero-order chi connectivity index (χ0) is 15.9. The molecule has 1 aliphatic heterocycles. The standard InChI is InChI=1S/C16H26N2O4/c1-3-13-6-7-15(22-13)14(11-21-2)17-16(20)18-8-4-5-12(9-18)10-19/h6-7,12,14,19H,3-5,8-11H2,1-2H3,(H,17,20)/t12-,14+/m0/s1. The molecule has 6 nitrogen and oxygen atoms in total. The molecule has 2 amide bonds. The van der Waals surface area contributed by atoms with E-state index in [0.29, 0.717) is 18.9 Å². The van der Waals surface area contributed by atoms with Gasteiger partial charge < -0.3 is 24.5 Å². The van der Waals surface area contributed by atoms with E-state index < -0.39 is 0 Å². The molecular weight excluding hydrogens is 284 g/mol. The summed E-state index contributed by atoms with van der Waals surface area (Å²) < 4.78 is 10.9. The Bertz CT molecular complexity index is 474. The molecule has 0 bridgehead atoms. The molecule has 1 aliphatic rings. The van der Waals surface area contributed by atoms with Crippen LogP contribution >= 0.6 is 0 Å². The number of carbonyl (C=O) groups excluding carboxylic acids is 1. The smallest absolute Gasteiger partial charge is 0.318 e. The van der Waals surface area contributed by atoms with Gasteiger partial charge in [-0.25, -0.2) is 4.79 Å². The van der Waals surface area contributed by atoms with Crippen LogP contribution in [0, 0.1) is 5.92 Å². The van der Waals surface area contributed by atoms with Gasteiger partial charge in [0.05, 0.1) is 6.61 Å². The number of aliphatic hydroxyl groups is 1. The summed E-state index contributed by atoms with van der Waals surface area (Å²) in [7, 11) is 1.60. The summed E-state index contributed by atoms with van der Waals surface area (Å²) in [6, 6.07) is 3.38. The number of rotatable bonds is 6. The Morgan fingerprint density at radius 2 is 2.41 bits per heavy atom. The summed E-state index contributed by atoms with van der Waals surface area (Å²) in [5, 5.41) is 12.2. The number of aliphatic hydroxyl groups excluding tert-OH is 1. The molecule has 0 saturated carbocycles. The van der Waals surface area contributed by atoms with Crippen LogP contribution in [0.5, 0.6) is 0 Å². The van der Waals surface area contributed by atoms with Crippen molar-refractivity contribution in [3.05, 3.63) is 23.7 Å². The Balaban J connectivity index is 1.99. The molecule has 0 aliphatic carbocycles. The lowest BCUT2D eigenvalue weighted by Gasteiger charge is -2.32. The first kappa shape index (κ1) is 16.8. The van der Waals surface area contributed by atoms with Crippen LogP contribution in [0.3, 0.4) is 0 Å². The fourth-order valence-electron chi connectivity index (χ4n) is 2.77. The minimum atomic E-state index is -0.299. The van der Waals surface area contributed by atoms with Gasteiger partial charge in [-0.05, 0) is 30.9 Å². The monoisotopic (exact) mass is 310 g/mol. The maximum Gasteiger partial charge on any atom is 0.318 e. The molecule has 2 N–H and O–H groups in total. The summed E-state index contributed by atoms with van der Waals surface area (Å²) in [6.45, 7) is 3.83. The van der Waals surface area contributed by atoms with Crippen molar-refractivity contribution in [3.63, 3.8) is 0 Å². The number of aryl methyl sites for hydroxylation is 1. The van der Waals surface area contributed by atoms with Gasteiger partial charge in [0, 0.05) is 33.2 Å². The van der Waals surface area contributed by atoms with Crippen LogP contribution in [0.4, 0.5) is 4.79 Å². The number of ether oxygens (including phenoxy) is 1. The van der Waals surface area contributed by atoms with Crippen molar-refractivity contribution in [2.45, 2.75) is 32.2 Å². The van der Waals surface area contributed by atoms with Crippen molar-refractivity contribution in [2.24, 2.45) is 5.92 Å². The van der Waals surface area contributed by atoms with E-state index in [4.69, 9.17) is 9.15 Å². The van der Waals surface area contributed by atoms with Gasteiger partial charge >= 0.3 is 6.03 Å². The van der Waals surface area contributed by atoms with E-state index in [1.807, 2.05) is 19.1 Å². The molecule has 0 unspecified atom stereocenters. The van der Waals surface area contributed by atoms with Gasteiger partial charge in [-0.1, -0.05) is 6.92 Å². The highest BCUT2D eigenvalue weighted by Gasteiger charge is 2.26. The Morgan fingerprint density at radius 3 is 3.05 bits per heavy atom. The van der Waals surface area contributed by atoms with Crippen molar-refractivity contribution in [3.8, 4) is 0 Å². The fraction of sp³-hybridized carbons (Fsp3) is 0.688. The molecule has 6 heteroatoms. The van der Waals surface area contributed by atoms with Crippen molar-refractivity contribution in [2.75, 3.05) is 33.4 Å². The van der Waals surface area contributed by atoms with E-state index in [2.05, 4.69) is 5.32 Å². The number of nitrogens with one attached hydrogen (secondary N) is 1. The maximum atomic E-state index is 12.4. The zero-order valence-electron chi connectivity index (χ0n) is 13.4. The zero-order valence-corrected chi connectivity index (χ0v) is 13.4. The second-order valence-corrected chi connectivity index (χ2v) is 5.75. The molecule has 1 aromatic heterocycles. The Hall–Kier alpha value is -1.53. The number of nitrogens with zero attached hydrogens (tertiary/aromatic N) is 1. The minimum Gasteiger partial charge on any atom is -0.464 e. The summed E-state index contributed by atoms with van der Waals surface area (Å²) in [5.74, 6) is 1.78. The molecule has 1 aromatic rings. The van der Waals surface area contributed by atoms with Gasteiger partial charge in [0.15, 0.2) is 0 Å². The Labute approximate surface area is 131 Å². The topological polar surface area (TPSA) is 74.9 Å². The molecule has 0 radical (unpaired) electrons. The first-order valence-corrected chi connectivity index (χ1v) is 7.91. The van der Waals surface area contributed by atoms with Gasteiger partial charge in [-0.3, -0.25) is 0 Å². The summed E-state index contributed by atoms with van der Waals surface area (Å²) >= 11 is 0. The first-order valence-electron chi connectivity index (χ1n) is 7.91. The lowest BCUT2D eigenvalue weighted by atomic mass is 9.99. The number of furan rings is 1. The maximum absolute atomic E-state index is 12.4. The van der Waals surface area contributed by atoms with Crippen LogP contribution in [-0.4, -0.2) is 49.5 Å². The van der Waals surface area contributed by atoms with Crippen LogP contribution in [0.2, 0.25) is 0 Å². The predicted molar refractivity (Wildman–Crippen MR) is 82.6 cm³/mol. The van der Waals surface area contributed by atoms with Crippen LogP contribution in [0.1, 0.15) is 37.3 Å². The van der Waals surface area contributed by atoms with Gasteiger partial charge in [0.25, 0.3) is 0 Å². The molecule has 2 rings (SSSR count). The van der Waals surface area contributed by atoms with E-state index in [1.54, 1.807) is 12.0 Å². The van der Waals surface area contributed by atoms with E-state index in [0.717, 1.165) is 31.6 Å². The highest BCUT2D eigenvalue weighted by Crippen LogP contribution is 2.20.